The van der Waals surface area contributed by atoms with E-state index in [1.807, 2.05) is 0 Å². The first-order valence-electron chi connectivity index (χ1n) is 3.81. The fraction of sp³-hybridized carbons (Fsp3) is 0. The van der Waals surface area contributed by atoms with Crippen LogP contribution in [0.1, 0.15) is 0 Å². The van der Waals surface area contributed by atoms with Gasteiger partial charge in [-0.2, -0.15) is 0 Å². The molecule has 2 rings (SSSR count). The molecule has 0 aliphatic heterocycles. The zero-order chi connectivity index (χ0) is 9.10. The standard InChI is InChI=1S/C9H7N3O/c13-9-7-11-5-6-12(9)8-1-3-10-4-2-8/h1-7H. The van der Waals surface area contributed by atoms with E-state index < -0.39 is 0 Å². The molecule has 4 heteroatoms. The molecule has 0 aromatic carbocycles. The van der Waals surface area contributed by atoms with Gasteiger partial charge in [0, 0.05) is 24.8 Å². The number of rotatable bonds is 1. The molecule has 64 valence electrons. The molecule has 0 atom stereocenters. The molecule has 0 fully saturated rings. The van der Waals surface area contributed by atoms with Gasteiger partial charge in [-0.15, -0.1) is 0 Å². The molecular weight excluding hydrogens is 166 g/mol. The summed E-state index contributed by atoms with van der Waals surface area (Å²) in [5.74, 6) is 0. The average Bonchev–Trinajstić information content (AvgIpc) is 2.20. The molecule has 0 saturated heterocycles. The molecule has 0 radical (unpaired) electrons. The maximum absolute atomic E-state index is 11.3. The Bertz CT molecular complexity index is 450. The maximum atomic E-state index is 11.3. The van der Waals surface area contributed by atoms with E-state index in [-0.39, 0.29) is 5.56 Å². The highest BCUT2D eigenvalue weighted by Crippen LogP contribution is 1.99. The van der Waals surface area contributed by atoms with Crippen molar-refractivity contribution < 1.29 is 0 Å². The summed E-state index contributed by atoms with van der Waals surface area (Å²) in [5, 5.41) is 0. The summed E-state index contributed by atoms with van der Waals surface area (Å²) in [5.41, 5.74) is 0.649. The summed E-state index contributed by atoms with van der Waals surface area (Å²) in [4.78, 5) is 18.9. The van der Waals surface area contributed by atoms with E-state index >= 15 is 0 Å². The molecule has 2 aromatic heterocycles. The van der Waals surface area contributed by atoms with Crippen molar-refractivity contribution in [3.05, 3.63) is 53.5 Å². The molecule has 0 amide bonds. The van der Waals surface area contributed by atoms with Crippen LogP contribution >= 0.6 is 0 Å². The van der Waals surface area contributed by atoms with Gasteiger partial charge in [-0.05, 0) is 12.1 Å². The predicted molar refractivity (Wildman–Crippen MR) is 47.6 cm³/mol. The van der Waals surface area contributed by atoms with Crippen LogP contribution < -0.4 is 5.56 Å². The van der Waals surface area contributed by atoms with E-state index in [0.717, 1.165) is 5.69 Å². The molecule has 2 heterocycles. The lowest BCUT2D eigenvalue weighted by atomic mass is 10.4. The third-order valence-electron chi connectivity index (χ3n) is 1.67. The van der Waals surface area contributed by atoms with Crippen LogP contribution in [0.3, 0.4) is 0 Å². The van der Waals surface area contributed by atoms with Gasteiger partial charge in [-0.25, -0.2) is 0 Å². The Kier molecular flexibility index (Phi) is 1.88. The fourth-order valence-electron chi connectivity index (χ4n) is 1.07. The maximum Gasteiger partial charge on any atom is 0.273 e. The largest absolute Gasteiger partial charge is 0.281 e. The number of nitrogens with zero attached hydrogens (tertiary/aromatic N) is 3. The molecule has 0 aliphatic rings. The van der Waals surface area contributed by atoms with Gasteiger partial charge in [-0.3, -0.25) is 19.3 Å². The zero-order valence-electron chi connectivity index (χ0n) is 6.79. The molecule has 2 aromatic rings. The monoisotopic (exact) mass is 173 g/mol. The van der Waals surface area contributed by atoms with Crippen LogP contribution in [-0.4, -0.2) is 14.5 Å². The van der Waals surface area contributed by atoms with Crippen LogP contribution in [0.5, 0.6) is 0 Å². The van der Waals surface area contributed by atoms with Crippen LogP contribution in [-0.2, 0) is 0 Å². The number of hydrogen-bond acceptors (Lipinski definition) is 3. The lowest BCUT2D eigenvalue weighted by Crippen LogP contribution is -2.16. The summed E-state index contributed by atoms with van der Waals surface area (Å²) >= 11 is 0. The smallest absolute Gasteiger partial charge is 0.273 e. The van der Waals surface area contributed by atoms with Gasteiger partial charge in [-0.1, -0.05) is 0 Å². The highest BCUT2D eigenvalue weighted by molar-refractivity contribution is 5.28. The van der Waals surface area contributed by atoms with Gasteiger partial charge in [0.05, 0.1) is 11.9 Å². The first-order valence-corrected chi connectivity index (χ1v) is 3.81. The van der Waals surface area contributed by atoms with Gasteiger partial charge in [0.15, 0.2) is 0 Å². The van der Waals surface area contributed by atoms with Crippen molar-refractivity contribution in [2.24, 2.45) is 0 Å². The fourth-order valence-corrected chi connectivity index (χ4v) is 1.07. The Hall–Kier alpha value is -1.97. The van der Waals surface area contributed by atoms with Gasteiger partial charge in [0.2, 0.25) is 0 Å². The second-order valence-electron chi connectivity index (χ2n) is 2.49. The molecule has 4 nitrogen and oxygen atoms in total. The Morgan fingerprint density at radius 2 is 1.85 bits per heavy atom. The Morgan fingerprint density at radius 1 is 1.08 bits per heavy atom. The lowest BCUT2D eigenvalue weighted by molar-refractivity contribution is 0.952. The summed E-state index contributed by atoms with van der Waals surface area (Å²) in [6, 6.07) is 3.53. The highest BCUT2D eigenvalue weighted by atomic mass is 16.1. The van der Waals surface area contributed by atoms with Gasteiger partial charge >= 0.3 is 0 Å². The summed E-state index contributed by atoms with van der Waals surface area (Å²) in [7, 11) is 0. The third-order valence-corrected chi connectivity index (χ3v) is 1.67. The van der Waals surface area contributed by atoms with E-state index in [1.54, 1.807) is 36.9 Å². The van der Waals surface area contributed by atoms with Crippen molar-refractivity contribution in [3.63, 3.8) is 0 Å². The predicted octanol–water partition coefficient (Wildman–Crippen LogP) is 0.627. The van der Waals surface area contributed by atoms with E-state index in [1.165, 1.54) is 10.8 Å². The molecule has 0 N–H and O–H groups in total. The van der Waals surface area contributed by atoms with E-state index in [2.05, 4.69) is 9.97 Å². The van der Waals surface area contributed by atoms with Gasteiger partial charge in [0.1, 0.15) is 0 Å². The minimum atomic E-state index is -0.145. The molecule has 0 bridgehead atoms. The van der Waals surface area contributed by atoms with Crippen LogP contribution in [0.4, 0.5) is 0 Å². The van der Waals surface area contributed by atoms with Crippen molar-refractivity contribution in [3.8, 4) is 5.69 Å². The summed E-state index contributed by atoms with van der Waals surface area (Å²) in [6.45, 7) is 0. The van der Waals surface area contributed by atoms with Crippen molar-refractivity contribution >= 4 is 0 Å². The Labute approximate surface area is 74.5 Å². The van der Waals surface area contributed by atoms with Crippen LogP contribution in [0.2, 0.25) is 0 Å². The molecule has 13 heavy (non-hydrogen) atoms. The highest BCUT2D eigenvalue weighted by Gasteiger charge is 1.95. The quantitative estimate of drug-likeness (QED) is 0.635. The number of hydrogen-bond donors (Lipinski definition) is 0. The molecule has 0 spiro atoms. The second kappa shape index (κ2) is 3.18. The summed E-state index contributed by atoms with van der Waals surface area (Å²) in [6.07, 6.45) is 7.75. The van der Waals surface area contributed by atoms with Crippen molar-refractivity contribution in [1.29, 1.82) is 0 Å². The number of aromatic nitrogens is 3. The Morgan fingerprint density at radius 3 is 2.54 bits per heavy atom. The topological polar surface area (TPSA) is 47.8 Å². The molecule has 0 unspecified atom stereocenters. The van der Waals surface area contributed by atoms with Crippen LogP contribution in [0, 0.1) is 0 Å². The van der Waals surface area contributed by atoms with Gasteiger partial charge < -0.3 is 0 Å². The minimum Gasteiger partial charge on any atom is -0.281 e. The number of pyridine rings is 1. The van der Waals surface area contributed by atoms with E-state index in [4.69, 9.17) is 0 Å². The summed E-state index contributed by atoms with van der Waals surface area (Å²) < 4.78 is 1.51. The zero-order valence-corrected chi connectivity index (χ0v) is 6.79. The van der Waals surface area contributed by atoms with Crippen LogP contribution in [0.15, 0.2) is 47.9 Å². The van der Waals surface area contributed by atoms with Crippen molar-refractivity contribution in [2.75, 3.05) is 0 Å². The average molecular weight is 173 g/mol. The molecule has 0 saturated carbocycles. The minimum absolute atomic E-state index is 0.145. The molecule has 0 aliphatic carbocycles. The first-order chi connectivity index (χ1) is 6.38. The van der Waals surface area contributed by atoms with E-state index in [0.29, 0.717) is 0 Å². The first kappa shape index (κ1) is 7.67. The third kappa shape index (κ3) is 1.46. The van der Waals surface area contributed by atoms with E-state index in [9.17, 15) is 4.79 Å². The van der Waals surface area contributed by atoms with Crippen LogP contribution in [0.25, 0.3) is 5.69 Å². The normalized spacial score (nSPS) is 9.85. The van der Waals surface area contributed by atoms with Crippen molar-refractivity contribution in [2.45, 2.75) is 0 Å². The van der Waals surface area contributed by atoms with Gasteiger partial charge in [0.25, 0.3) is 5.56 Å². The molecular formula is C9H7N3O. The second-order valence-corrected chi connectivity index (χ2v) is 2.49. The Balaban J connectivity index is 2.60. The lowest BCUT2D eigenvalue weighted by Gasteiger charge is -2.01. The van der Waals surface area contributed by atoms with Crippen molar-refractivity contribution in [1.82, 2.24) is 14.5 Å². The SMILES string of the molecule is O=c1cnccn1-c1ccncc1.